The fourth-order valence-electron chi connectivity index (χ4n) is 1.91. The summed E-state index contributed by atoms with van der Waals surface area (Å²) in [7, 11) is 1.77. The van der Waals surface area contributed by atoms with Gasteiger partial charge in [0.15, 0.2) is 0 Å². The number of para-hydroxylation sites is 1. The van der Waals surface area contributed by atoms with E-state index in [1.54, 1.807) is 11.9 Å². The third kappa shape index (κ3) is 3.52. The Bertz CT molecular complexity index is 599. The van der Waals surface area contributed by atoms with Gasteiger partial charge in [-0.2, -0.15) is 0 Å². The van der Waals surface area contributed by atoms with Crippen LogP contribution in [0.1, 0.15) is 5.56 Å². The second-order valence-electron chi connectivity index (χ2n) is 4.60. The van der Waals surface area contributed by atoms with Crippen molar-refractivity contribution < 1.29 is 4.79 Å². The Kier molecular flexibility index (Phi) is 4.64. The number of nitrogens with zero attached hydrogens (tertiary/aromatic N) is 1. The lowest BCUT2D eigenvalue weighted by atomic mass is 10.2. The van der Waals surface area contributed by atoms with E-state index >= 15 is 0 Å². The minimum Gasteiger partial charge on any atom is -0.376 e. The molecule has 0 aliphatic heterocycles. The van der Waals surface area contributed by atoms with Gasteiger partial charge in [0.1, 0.15) is 0 Å². The van der Waals surface area contributed by atoms with E-state index in [9.17, 15) is 4.79 Å². The number of hydrogen-bond donors (Lipinski definition) is 1. The monoisotopic (exact) mass is 288 g/mol. The summed E-state index contributed by atoms with van der Waals surface area (Å²) in [4.78, 5) is 13.8. The van der Waals surface area contributed by atoms with E-state index in [1.165, 1.54) is 0 Å². The number of nitrogens with one attached hydrogen (secondary N) is 1. The summed E-state index contributed by atoms with van der Waals surface area (Å²) >= 11 is 5.91. The first kappa shape index (κ1) is 14.4. The van der Waals surface area contributed by atoms with E-state index < -0.39 is 0 Å². The minimum atomic E-state index is 0.00514. The molecular weight excluding hydrogens is 272 g/mol. The van der Waals surface area contributed by atoms with Gasteiger partial charge in [-0.05, 0) is 42.8 Å². The lowest BCUT2D eigenvalue weighted by molar-refractivity contribution is -0.116. The van der Waals surface area contributed by atoms with Gasteiger partial charge in [0.25, 0.3) is 0 Å². The molecule has 0 radical (unpaired) electrons. The van der Waals surface area contributed by atoms with E-state index in [1.807, 2.05) is 55.5 Å². The molecule has 0 fully saturated rings. The van der Waals surface area contributed by atoms with Crippen molar-refractivity contribution in [2.75, 3.05) is 23.8 Å². The number of amides is 1. The lowest BCUT2D eigenvalue weighted by Gasteiger charge is -2.18. The van der Waals surface area contributed by atoms with Crippen molar-refractivity contribution in [1.82, 2.24) is 0 Å². The first-order valence-electron chi connectivity index (χ1n) is 6.39. The zero-order chi connectivity index (χ0) is 14.5. The largest absolute Gasteiger partial charge is 0.376 e. The minimum absolute atomic E-state index is 0.00514. The average Bonchev–Trinajstić information content (AvgIpc) is 2.46. The molecule has 1 amide bonds. The van der Waals surface area contributed by atoms with E-state index in [0.29, 0.717) is 5.02 Å². The first-order chi connectivity index (χ1) is 9.58. The first-order valence-corrected chi connectivity index (χ1v) is 6.77. The van der Waals surface area contributed by atoms with Crippen LogP contribution in [0, 0.1) is 6.92 Å². The van der Waals surface area contributed by atoms with Crippen LogP contribution in [0.2, 0.25) is 5.02 Å². The molecule has 0 bridgehead atoms. The zero-order valence-corrected chi connectivity index (χ0v) is 12.3. The maximum atomic E-state index is 12.1. The van der Waals surface area contributed by atoms with E-state index in [4.69, 9.17) is 11.6 Å². The molecule has 0 heterocycles. The fraction of sp³-hybridized carbons (Fsp3) is 0.188. The highest BCUT2D eigenvalue weighted by Gasteiger charge is 2.10. The highest BCUT2D eigenvalue weighted by Crippen LogP contribution is 2.19. The van der Waals surface area contributed by atoms with Crippen LogP contribution in [0.25, 0.3) is 0 Å². The molecule has 0 atom stereocenters. The summed E-state index contributed by atoms with van der Waals surface area (Å²) in [5, 5.41) is 3.84. The molecule has 4 heteroatoms. The summed E-state index contributed by atoms with van der Waals surface area (Å²) in [5.74, 6) is 0.00514. The molecule has 0 aliphatic rings. The van der Waals surface area contributed by atoms with Gasteiger partial charge >= 0.3 is 0 Å². The van der Waals surface area contributed by atoms with Crippen LogP contribution in [-0.2, 0) is 4.79 Å². The molecule has 0 saturated heterocycles. The van der Waals surface area contributed by atoms with Gasteiger partial charge in [-0.1, -0.05) is 29.8 Å². The van der Waals surface area contributed by atoms with E-state index in [0.717, 1.165) is 16.9 Å². The Hall–Kier alpha value is -2.00. The number of carbonyl (C=O) groups excluding carboxylic acids is 1. The standard InChI is InChI=1S/C16H17ClN2O/c1-12-10-13(17)8-9-15(12)18-11-16(20)19(2)14-6-4-3-5-7-14/h3-10,18H,11H2,1-2H3. The molecule has 2 rings (SSSR count). The molecule has 1 N–H and O–H groups in total. The van der Waals surface area contributed by atoms with Crippen LogP contribution >= 0.6 is 11.6 Å². The molecule has 0 spiro atoms. The Morgan fingerprint density at radius 1 is 1.20 bits per heavy atom. The third-order valence-corrected chi connectivity index (χ3v) is 3.37. The van der Waals surface area contributed by atoms with Crippen LogP contribution in [0.4, 0.5) is 11.4 Å². The third-order valence-electron chi connectivity index (χ3n) is 3.14. The normalized spacial score (nSPS) is 10.2. The van der Waals surface area contributed by atoms with Gasteiger partial charge in [-0.3, -0.25) is 4.79 Å². The van der Waals surface area contributed by atoms with Gasteiger partial charge in [0, 0.05) is 23.4 Å². The molecule has 0 unspecified atom stereocenters. The zero-order valence-electron chi connectivity index (χ0n) is 11.6. The van der Waals surface area contributed by atoms with E-state index in [2.05, 4.69) is 5.32 Å². The van der Waals surface area contributed by atoms with E-state index in [-0.39, 0.29) is 12.5 Å². The smallest absolute Gasteiger partial charge is 0.246 e. The number of rotatable bonds is 4. The quantitative estimate of drug-likeness (QED) is 0.930. The van der Waals surface area contributed by atoms with Crippen LogP contribution in [0.3, 0.4) is 0 Å². The summed E-state index contributed by atoms with van der Waals surface area (Å²) in [5.41, 5.74) is 2.82. The number of halogens is 1. The highest BCUT2D eigenvalue weighted by molar-refractivity contribution is 6.30. The van der Waals surface area contributed by atoms with Crippen molar-refractivity contribution >= 4 is 28.9 Å². The van der Waals surface area contributed by atoms with Crippen molar-refractivity contribution in [1.29, 1.82) is 0 Å². The average molecular weight is 289 g/mol. The number of likely N-dealkylation sites (N-methyl/N-ethyl adjacent to an activating group) is 1. The summed E-state index contributed by atoms with van der Waals surface area (Å²) in [6, 6.07) is 15.1. The van der Waals surface area contributed by atoms with Crippen molar-refractivity contribution in [3.63, 3.8) is 0 Å². The lowest BCUT2D eigenvalue weighted by Crippen LogP contribution is -2.32. The highest BCUT2D eigenvalue weighted by atomic mass is 35.5. The van der Waals surface area contributed by atoms with Crippen molar-refractivity contribution in [2.45, 2.75) is 6.92 Å². The van der Waals surface area contributed by atoms with Crippen molar-refractivity contribution in [3.05, 3.63) is 59.1 Å². The number of carbonyl (C=O) groups is 1. The van der Waals surface area contributed by atoms with Crippen LogP contribution < -0.4 is 10.2 Å². The fourth-order valence-corrected chi connectivity index (χ4v) is 2.14. The topological polar surface area (TPSA) is 32.3 Å². The molecule has 0 saturated carbocycles. The number of benzene rings is 2. The van der Waals surface area contributed by atoms with Crippen LogP contribution in [0.15, 0.2) is 48.5 Å². The van der Waals surface area contributed by atoms with Crippen molar-refractivity contribution in [3.8, 4) is 0 Å². The SMILES string of the molecule is Cc1cc(Cl)ccc1NCC(=O)N(C)c1ccccc1. The summed E-state index contributed by atoms with van der Waals surface area (Å²) < 4.78 is 0. The maximum Gasteiger partial charge on any atom is 0.246 e. The molecule has 2 aromatic rings. The van der Waals surface area contributed by atoms with Crippen LogP contribution in [0.5, 0.6) is 0 Å². The van der Waals surface area contributed by atoms with Crippen molar-refractivity contribution in [2.24, 2.45) is 0 Å². The summed E-state index contributed by atoms with van der Waals surface area (Å²) in [6.07, 6.45) is 0. The Morgan fingerprint density at radius 2 is 1.90 bits per heavy atom. The maximum absolute atomic E-state index is 12.1. The molecular formula is C16H17ClN2O. The predicted molar refractivity (Wildman–Crippen MR) is 84.5 cm³/mol. The molecule has 0 aromatic heterocycles. The Labute approximate surface area is 124 Å². The second-order valence-corrected chi connectivity index (χ2v) is 5.04. The van der Waals surface area contributed by atoms with Gasteiger partial charge in [0.2, 0.25) is 5.91 Å². The Balaban J connectivity index is 1.98. The van der Waals surface area contributed by atoms with Gasteiger partial charge < -0.3 is 10.2 Å². The van der Waals surface area contributed by atoms with Gasteiger partial charge in [-0.15, -0.1) is 0 Å². The van der Waals surface area contributed by atoms with Gasteiger partial charge in [0.05, 0.1) is 6.54 Å². The molecule has 2 aromatic carbocycles. The number of hydrogen-bond acceptors (Lipinski definition) is 2. The molecule has 20 heavy (non-hydrogen) atoms. The number of aryl methyl sites for hydroxylation is 1. The second kappa shape index (κ2) is 6.44. The van der Waals surface area contributed by atoms with Gasteiger partial charge in [-0.25, -0.2) is 0 Å². The molecule has 3 nitrogen and oxygen atoms in total. The Morgan fingerprint density at radius 3 is 2.55 bits per heavy atom. The predicted octanol–water partition coefficient (Wildman–Crippen LogP) is 3.72. The summed E-state index contributed by atoms with van der Waals surface area (Å²) in [6.45, 7) is 2.20. The van der Waals surface area contributed by atoms with Crippen LogP contribution in [-0.4, -0.2) is 19.5 Å². The number of anilines is 2. The molecule has 0 aliphatic carbocycles. The molecule has 104 valence electrons.